The van der Waals surface area contributed by atoms with Crippen LogP contribution in [0.25, 0.3) is 0 Å². The van der Waals surface area contributed by atoms with Crippen LogP contribution in [0.3, 0.4) is 0 Å². The van der Waals surface area contributed by atoms with Crippen molar-refractivity contribution in [2.24, 2.45) is 0 Å². The molecular weight excluding hydrogens is 356 g/mol. The Morgan fingerprint density at radius 2 is 2.10 bits per heavy atom. The average molecular weight is 369 g/mol. The van der Waals surface area contributed by atoms with E-state index in [2.05, 4.69) is 21.2 Å². The highest BCUT2D eigenvalue weighted by Crippen LogP contribution is 2.26. The van der Waals surface area contributed by atoms with Crippen molar-refractivity contribution in [1.29, 1.82) is 0 Å². The molecule has 0 atom stereocenters. The zero-order valence-corrected chi connectivity index (χ0v) is 13.6. The Hall–Kier alpha value is -1.86. The maximum Gasteiger partial charge on any atom is 0.341 e. The average Bonchev–Trinajstić information content (AvgIpc) is 2.90. The summed E-state index contributed by atoms with van der Waals surface area (Å²) in [6.45, 7) is 2.01. The number of carbonyl (C=O) groups is 2. The van der Waals surface area contributed by atoms with Crippen molar-refractivity contribution in [1.82, 2.24) is 0 Å². The first-order valence-electron chi connectivity index (χ1n) is 6.14. The molecule has 0 saturated carbocycles. The van der Waals surface area contributed by atoms with Crippen LogP contribution in [0.15, 0.2) is 34.1 Å². The smallest absolute Gasteiger partial charge is 0.341 e. The predicted octanol–water partition coefficient (Wildman–Crippen LogP) is 3.52. The Labute approximate surface area is 134 Å². The lowest BCUT2D eigenvalue weighted by atomic mass is 10.1. The first-order chi connectivity index (χ1) is 10.0. The molecule has 0 radical (unpaired) electrons. The van der Waals surface area contributed by atoms with Gasteiger partial charge in [-0.2, -0.15) is 0 Å². The third-order valence-electron chi connectivity index (χ3n) is 2.65. The predicted molar refractivity (Wildman–Crippen MR) is 86.8 cm³/mol. The van der Waals surface area contributed by atoms with E-state index >= 15 is 0 Å². The van der Waals surface area contributed by atoms with E-state index in [0.717, 1.165) is 4.47 Å². The van der Waals surface area contributed by atoms with E-state index in [4.69, 9.17) is 10.5 Å². The Morgan fingerprint density at radius 1 is 1.33 bits per heavy atom. The molecule has 0 aliphatic rings. The fourth-order valence-electron chi connectivity index (χ4n) is 1.67. The lowest BCUT2D eigenvalue weighted by Gasteiger charge is -2.08. The van der Waals surface area contributed by atoms with Gasteiger partial charge < -0.3 is 15.8 Å². The summed E-state index contributed by atoms with van der Waals surface area (Å²) in [5.74, 6) is -0.835. The summed E-state index contributed by atoms with van der Waals surface area (Å²) in [6.07, 6.45) is 0. The van der Waals surface area contributed by atoms with Gasteiger partial charge in [0.25, 0.3) is 5.91 Å². The largest absolute Gasteiger partial charge is 0.462 e. The number of carbonyl (C=O) groups excluding carboxylic acids is 2. The van der Waals surface area contributed by atoms with Crippen molar-refractivity contribution >= 4 is 49.8 Å². The lowest BCUT2D eigenvalue weighted by Crippen LogP contribution is -2.15. The molecule has 2 aromatic rings. The highest BCUT2D eigenvalue weighted by molar-refractivity contribution is 9.10. The SMILES string of the molecule is CCOC(=O)c1ccsc1NC(=O)c1cc(Br)ccc1N. The first-order valence-corrected chi connectivity index (χ1v) is 7.81. The van der Waals surface area contributed by atoms with E-state index in [1.165, 1.54) is 11.3 Å². The van der Waals surface area contributed by atoms with Gasteiger partial charge in [0.1, 0.15) is 5.00 Å². The number of hydrogen-bond acceptors (Lipinski definition) is 5. The van der Waals surface area contributed by atoms with Crippen LogP contribution in [-0.2, 0) is 4.74 Å². The summed E-state index contributed by atoms with van der Waals surface area (Å²) < 4.78 is 5.69. The third-order valence-corrected chi connectivity index (χ3v) is 3.97. The molecule has 0 spiro atoms. The Kier molecular flexibility index (Phi) is 4.98. The van der Waals surface area contributed by atoms with Crippen LogP contribution in [0, 0.1) is 0 Å². The number of halogens is 1. The minimum absolute atomic E-state index is 0.278. The first kappa shape index (κ1) is 15.5. The van der Waals surface area contributed by atoms with Crippen LogP contribution in [0.2, 0.25) is 0 Å². The summed E-state index contributed by atoms with van der Waals surface area (Å²) >= 11 is 4.55. The molecule has 5 nitrogen and oxygen atoms in total. The van der Waals surface area contributed by atoms with Crippen LogP contribution in [0.5, 0.6) is 0 Å². The zero-order valence-electron chi connectivity index (χ0n) is 11.2. The van der Waals surface area contributed by atoms with Crippen LogP contribution in [0.4, 0.5) is 10.7 Å². The number of rotatable bonds is 4. The minimum Gasteiger partial charge on any atom is -0.462 e. The summed E-state index contributed by atoms with van der Waals surface area (Å²) in [5.41, 5.74) is 6.84. The fourth-order valence-corrected chi connectivity index (χ4v) is 2.80. The van der Waals surface area contributed by atoms with Gasteiger partial charge in [0.2, 0.25) is 0 Å². The molecule has 0 aliphatic carbocycles. The van der Waals surface area contributed by atoms with Crippen molar-refractivity contribution in [2.45, 2.75) is 6.92 Å². The van der Waals surface area contributed by atoms with Crippen LogP contribution >= 0.6 is 27.3 Å². The van der Waals surface area contributed by atoms with Crippen LogP contribution in [0.1, 0.15) is 27.6 Å². The van der Waals surface area contributed by atoms with Crippen molar-refractivity contribution in [3.63, 3.8) is 0 Å². The summed E-state index contributed by atoms with van der Waals surface area (Å²) in [7, 11) is 0. The molecule has 0 saturated heterocycles. The van der Waals surface area contributed by atoms with Gasteiger partial charge in [-0.25, -0.2) is 4.79 Å². The molecule has 0 fully saturated rings. The van der Waals surface area contributed by atoms with E-state index in [-0.39, 0.29) is 12.5 Å². The highest BCUT2D eigenvalue weighted by atomic mass is 79.9. The molecule has 0 bridgehead atoms. The van der Waals surface area contributed by atoms with Gasteiger partial charge in [0.15, 0.2) is 0 Å². The maximum atomic E-state index is 12.3. The second-order valence-corrected chi connectivity index (χ2v) is 5.90. The van der Waals surface area contributed by atoms with Crippen molar-refractivity contribution < 1.29 is 14.3 Å². The van der Waals surface area contributed by atoms with E-state index in [1.807, 2.05) is 0 Å². The number of nitrogens with two attached hydrogens (primary N) is 1. The van der Waals surface area contributed by atoms with E-state index in [9.17, 15) is 9.59 Å². The second kappa shape index (κ2) is 6.73. The number of thiophene rings is 1. The molecule has 1 aromatic carbocycles. The molecule has 0 aliphatic heterocycles. The topological polar surface area (TPSA) is 81.4 Å². The number of anilines is 2. The Balaban J connectivity index is 2.22. The van der Waals surface area contributed by atoms with E-state index in [1.54, 1.807) is 36.6 Å². The molecular formula is C14H13BrN2O3S. The second-order valence-electron chi connectivity index (χ2n) is 4.07. The number of benzene rings is 1. The summed E-state index contributed by atoms with van der Waals surface area (Å²) in [6, 6.07) is 6.63. The van der Waals surface area contributed by atoms with Crippen molar-refractivity contribution in [3.8, 4) is 0 Å². The number of amides is 1. The zero-order chi connectivity index (χ0) is 15.4. The Bertz CT molecular complexity index is 685. The quantitative estimate of drug-likeness (QED) is 0.638. The number of nitrogen functional groups attached to an aromatic ring is 1. The molecule has 1 amide bonds. The van der Waals surface area contributed by atoms with Crippen LogP contribution < -0.4 is 11.1 Å². The van der Waals surface area contributed by atoms with Crippen molar-refractivity contribution in [3.05, 3.63) is 45.2 Å². The normalized spacial score (nSPS) is 10.2. The van der Waals surface area contributed by atoms with Gasteiger partial charge in [-0.05, 0) is 36.6 Å². The molecule has 7 heteroatoms. The van der Waals surface area contributed by atoms with E-state index in [0.29, 0.717) is 21.8 Å². The number of hydrogen-bond donors (Lipinski definition) is 2. The van der Waals surface area contributed by atoms with Gasteiger partial charge in [-0.3, -0.25) is 4.79 Å². The maximum absolute atomic E-state index is 12.3. The van der Waals surface area contributed by atoms with Gasteiger partial charge in [0.05, 0.1) is 17.7 Å². The molecule has 110 valence electrons. The minimum atomic E-state index is -0.462. The standard InChI is InChI=1S/C14H13BrN2O3S/c1-2-20-14(19)9-5-6-21-13(9)17-12(18)10-7-8(15)3-4-11(10)16/h3-7H,2,16H2,1H3,(H,17,18). The molecule has 1 heterocycles. The van der Waals surface area contributed by atoms with Crippen LogP contribution in [-0.4, -0.2) is 18.5 Å². The number of ether oxygens (including phenoxy) is 1. The lowest BCUT2D eigenvalue weighted by molar-refractivity contribution is 0.0528. The number of esters is 1. The van der Waals surface area contributed by atoms with Gasteiger partial charge >= 0.3 is 5.97 Å². The van der Waals surface area contributed by atoms with Gasteiger partial charge in [-0.1, -0.05) is 15.9 Å². The molecule has 0 unspecified atom stereocenters. The molecule has 1 aromatic heterocycles. The fraction of sp³-hybridized carbons (Fsp3) is 0.143. The van der Waals surface area contributed by atoms with E-state index < -0.39 is 5.97 Å². The summed E-state index contributed by atoms with van der Waals surface area (Å²) in [4.78, 5) is 24.0. The molecule has 2 rings (SSSR count). The van der Waals surface area contributed by atoms with Gasteiger partial charge in [-0.15, -0.1) is 11.3 Å². The Morgan fingerprint density at radius 3 is 2.81 bits per heavy atom. The number of nitrogens with one attached hydrogen (secondary N) is 1. The monoisotopic (exact) mass is 368 g/mol. The third kappa shape index (κ3) is 3.62. The summed E-state index contributed by atoms with van der Waals surface area (Å²) in [5, 5.41) is 4.85. The molecule has 3 N–H and O–H groups in total. The van der Waals surface area contributed by atoms with Gasteiger partial charge in [0, 0.05) is 10.2 Å². The van der Waals surface area contributed by atoms with Crippen molar-refractivity contribution in [2.75, 3.05) is 17.7 Å². The molecule has 21 heavy (non-hydrogen) atoms. The highest BCUT2D eigenvalue weighted by Gasteiger charge is 2.18.